The Morgan fingerprint density at radius 3 is 2.25 bits per heavy atom. The molecule has 16 heavy (non-hydrogen) atoms. The second-order valence-corrected chi connectivity index (χ2v) is 3.61. The number of nitro groups is 1. The van der Waals surface area contributed by atoms with Crippen molar-refractivity contribution in [3.8, 4) is 0 Å². The van der Waals surface area contributed by atoms with Crippen LogP contribution >= 0.6 is 0 Å². The van der Waals surface area contributed by atoms with Gasteiger partial charge in [0.1, 0.15) is 0 Å². The van der Waals surface area contributed by atoms with Gasteiger partial charge in [0.05, 0.1) is 0 Å². The van der Waals surface area contributed by atoms with Gasteiger partial charge < -0.3 is 10.9 Å². The number of amides is 1. The van der Waals surface area contributed by atoms with Gasteiger partial charge in [-0.2, -0.15) is 0 Å². The first kappa shape index (κ1) is 14.1. The Morgan fingerprint density at radius 1 is 1.50 bits per heavy atom. The minimum Gasteiger partial charge on any atom is -0.410 e. The molecule has 0 saturated carbocycles. The largest absolute Gasteiger partial charge is 0.410 e. The quantitative estimate of drug-likeness (QED) is 0.309. The average molecular weight is 229 g/mol. The van der Waals surface area contributed by atoms with Crippen LogP contribution in [0.15, 0.2) is 16.8 Å². The van der Waals surface area contributed by atoms with Gasteiger partial charge in [0, 0.05) is 17.4 Å². The third-order valence-corrected chi connectivity index (χ3v) is 2.13. The lowest BCUT2D eigenvalue weighted by atomic mass is 9.95. The van der Waals surface area contributed by atoms with E-state index in [2.05, 4.69) is 5.16 Å². The molecule has 0 aliphatic carbocycles. The molecule has 0 bridgehead atoms. The SMILES string of the molecule is CC(C)/C(=C\C(=N\O)C(N)=O)C(C)[N+](=O)[O-]. The molecule has 0 aliphatic rings. The van der Waals surface area contributed by atoms with Crippen molar-refractivity contribution in [3.63, 3.8) is 0 Å². The number of primary amides is 1. The third-order valence-electron chi connectivity index (χ3n) is 2.13. The normalized spacial score (nSPS) is 15.0. The summed E-state index contributed by atoms with van der Waals surface area (Å²) in [6.45, 7) is 4.87. The van der Waals surface area contributed by atoms with Gasteiger partial charge in [0.2, 0.25) is 6.04 Å². The van der Waals surface area contributed by atoms with Gasteiger partial charge in [-0.1, -0.05) is 19.0 Å². The van der Waals surface area contributed by atoms with Crippen LogP contribution in [0.25, 0.3) is 0 Å². The van der Waals surface area contributed by atoms with E-state index >= 15 is 0 Å². The van der Waals surface area contributed by atoms with E-state index in [9.17, 15) is 14.9 Å². The molecule has 1 amide bonds. The van der Waals surface area contributed by atoms with E-state index in [0.717, 1.165) is 6.08 Å². The molecular formula is C9H15N3O4. The second kappa shape index (κ2) is 5.84. The summed E-state index contributed by atoms with van der Waals surface area (Å²) in [4.78, 5) is 20.9. The Hall–Kier alpha value is -1.92. The highest BCUT2D eigenvalue weighted by Gasteiger charge is 2.23. The van der Waals surface area contributed by atoms with E-state index in [4.69, 9.17) is 10.9 Å². The first-order valence-corrected chi connectivity index (χ1v) is 4.68. The minimum atomic E-state index is -0.962. The highest BCUT2D eigenvalue weighted by atomic mass is 16.6. The monoisotopic (exact) mass is 229 g/mol. The molecule has 90 valence electrons. The molecule has 0 aromatic carbocycles. The maximum atomic E-state index is 10.8. The van der Waals surface area contributed by atoms with Crippen molar-refractivity contribution in [2.45, 2.75) is 26.8 Å². The molecule has 0 aliphatic heterocycles. The highest BCUT2D eigenvalue weighted by Crippen LogP contribution is 2.16. The molecule has 0 heterocycles. The first-order chi connectivity index (χ1) is 7.31. The Balaban J connectivity index is 5.28. The van der Waals surface area contributed by atoms with Crippen LogP contribution in [0, 0.1) is 16.0 Å². The summed E-state index contributed by atoms with van der Waals surface area (Å²) < 4.78 is 0. The topological polar surface area (TPSA) is 119 Å². The van der Waals surface area contributed by atoms with Gasteiger partial charge in [-0.05, 0) is 12.0 Å². The summed E-state index contributed by atoms with van der Waals surface area (Å²) in [5, 5.41) is 21.8. The molecule has 0 rings (SSSR count). The predicted molar refractivity (Wildman–Crippen MR) is 57.8 cm³/mol. The maximum absolute atomic E-state index is 10.8. The fourth-order valence-corrected chi connectivity index (χ4v) is 1.20. The van der Waals surface area contributed by atoms with Crippen LogP contribution in [-0.4, -0.2) is 27.8 Å². The number of hydrogen-bond acceptors (Lipinski definition) is 5. The molecule has 1 atom stereocenters. The van der Waals surface area contributed by atoms with Crippen molar-refractivity contribution in [1.29, 1.82) is 0 Å². The van der Waals surface area contributed by atoms with E-state index in [1.807, 2.05) is 0 Å². The molecule has 0 spiro atoms. The van der Waals surface area contributed by atoms with Crippen LogP contribution in [0.3, 0.4) is 0 Å². The van der Waals surface area contributed by atoms with E-state index < -0.39 is 22.6 Å². The van der Waals surface area contributed by atoms with Gasteiger partial charge in [-0.15, -0.1) is 0 Å². The number of hydrogen-bond donors (Lipinski definition) is 2. The summed E-state index contributed by atoms with van der Waals surface area (Å²) >= 11 is 0. The van der Waals surface area contributed by atoms with Gasteiger partial charge in [0.25, 0.3) is 5.91 Å². The molecule has 1 unspecified atom stereocenters. The highest BCUT2D eigenvalue weighted by molar-refractivity contribution is 6.42. The van der Waals surface area contributed by atoms with Crippen LogP contribution < -0.4 is 5.73 Å². The molecule has 0 aromatic rings. The zero-order chi connectivity index (χ0) is 12.9. The van der Waals surface area contributed by atoms with Crippen LogP contribution in [0.5, 0.6) is 0 Å². The van der Waals surface area contributed by atoms with E-state index in [-0.39, 0.29) is 5.92 Å². The molecule has 0 aromatic heterocycles. The molecule has 0 saturated heterocycles. The van der Waals surface area contributed by atoms with Crippen molar-refractivity contribution in [2.24, 2.45) is 16.8 Å². The summed E-state index contributed by atoms with van der Waals surface area (Å²) in [6, 6.07) is -0.962. The van der Waals surface area contributed by atoms with Crippen molar-refractivity contribution in [1.82, 2.24) is 0 Å². The summed E-state index contributed by atoms with van der Waals surface area (Å²) in [7, 11) is 0. The van der Waals surface area contributed by atoms with Crippen LogP contribution in [0.4, 0.5) is 0 Å². The van der Waals surface area contributed by atoms with Crippen LogP contribution in [0.1, 0.15) is 20.8 Å². The summed E-state index contributed by atoms with van der Waals surface area (Å²) in [6.07, 6.45) is 1.15. The van der Waals surface area contributed by atoms with Crippen molar-refractivity contribution in [2.75, 3.05) is 0 Å². The van der Waals surface area contributed by atoms with E-state index in [0.29, 0.717) is 5.57 Å². The Morgan fingerprint density at radius 2 is 2.00 bits per heavy atom. The number of nitrogens with two attached hydrogens (primary N) is 1. The lowest BCUT2D eigenvalue weighted by Gasteiger charge is -2.12. The Kier molecular flexibility index (Phi) is 5.14. The molecule has 3 N–H and O–H groups in total. The standard InChI is InChI=1S/C9H15N3O4/c1-5(2)7(6(3)12(15)16)4-8(11-14)9(10)13/h4-6,14H,1-3H3,(H2,10,13)/b7-4+,11-8-. The first-order valence-electron chi connectivity index (χ1n) is 4.68. The zero-order valence-electron chi connectivity index (χ0n) is 9.38. The average Bonchev–Trinajstić information content (AvgIpc) is 2.17. The molecule has 7 heteroatoms. The lowest BCUT2D eigenvalue weighted by molar-refractivity contribution is -0.508. The second-order valence-electron chi connectivity index (χ2n) is 3.61. The van der Waals surface area contributed by atoms with Gasteiger partial charge >= 0.3 is 0 Å². The summed E-state index contributed by atoms with van der Waals surface area (Å²) in [5.41, 5.74) is 4.91. The van der Waals surface area contributed by atoms with E-state index in [1.165, 1.54) is 6.92 Å². The zero-order valence-corrected chi connectivity index (χ0v) is 9.38. The summed E-state index contributed by atoms with van der Waals surface area (Å²) in [5.74, 6) is -1.09. The van der Waals surface area contributed by atoms with Gasteiger partial charge in [-0.25, -0.2) is 0 Å². The van der Waals surface area contributed by atoms with Crippen molar-refractivity contribution >= 4 is 11.6 Å². The molecule has 0 radical (unpaired) electrons. The predicted octanol–water partition coefficient (Wildman–Crippen LogP) is 0.550. The number of carbonyl (C=O) groups is 1. The van der Waals surface area contributed by atoms with Crippen LogP contribution in [0.2, 0.25) is 0 Å². The maximum Gasteiger partial charge on any atom is 0.270 e. The number of nitrogens with zero attached hydrogens (tertiary/aromatic N) is 2. The third kappa shape index (κ3) is 3.68. The van der Waals surface area contributed by atoms with Gasteiger partial charge in [0.15, 0.2) is 5.71 Å². The number of oxime groups is 1. The molecule has 0 fully saturated rings. The lowest BCUT2D eigenvalue weighted by Crippen LogP contribution is -2.26. The number of carbonyl (C=O) groups excluding carboxylic acids is 1. The minimum absolute atomic E-state index is 0.156. The van der Waals surface area contributed by atoms with Gasteiger partial charge in [-0.3, -0.25) is 14.9 Å². The Bertz CT molecular complexity index is 347. The molecule has 7 nitrogen and oxygen atoms in total. The van der Waals surface area contributed by atoms with E-state index in [1.54, 1.807) is 13.8 Å². The fourth-order valence-electron chi connectivity index (χ4n) is 1.20. The van der Waals surface area contributed by atoms with Crippen molar-refractivity contribution in [3.05, 3.63) is 21.8 Å². The fraction of sp³-hybridized carbons (Fsp3) is 0.556. The van der Waals surface area contributed by atoms with Crippen LogP contribution in [-0.2, 0) is 4.79 Å². The van der Waals surface area contributed by atoms with Crippen molar-refractivity contribution < 1.29 is 14.9 Å². The smallest absolute Gasteiger partial charge is 0.270 e. The Labute approximate surface area is 92.8 Å². The molecular weight excluding hydrogens is 214 g/mol. The number of rotatable bonds is 5.